The lowest BCUT2D eigenvalue weighted by Gasteiger charge is -2.22. The maximum Gasteiger partial charge on any atom is 0.416 e. The van der Waals surface area contributed by atoms with Crippen LogP contribution in [0.5, 0.6) is 0 Å². The second kappa shape index (κ2) is 9.65. The van der Waals surface area contributed by atoms with E-state index in [4.69, 9.17) is 4.99 Å². The minimum atomic E-state index is -4.38. The van der Waals surface area contributed by atoms with E-state index < -0.39 is 11.7 Å². The van der Waals surface area contributed by atoms with Gasteiger partial charge in [-0.25, -0.2) is 4.99 Å². The first-order valence-corrected chi connectivity index (χ1v) is 12.8. The molecule has 2 aromatic carbocycles. The van der Waals surface area contributed by atoms with Crippen LogP contribution in [0.3, 0.4) is 0 Å². The van der Waals surface area contributed by atoms with Crippen LogP contribution in [0.2, 0.25) is 0 Å². The van der Waals surface area contributed by atoms with Crippen molar-refractivity contribution < 1.29 is 18.0 Å². The normalized spacial score (nSPS) is 19.2. The Hall–Kier alpha value is -3.26. The molecule has 1 saturated heterocycles. The first kappa shape index (κ1) is 24.4. The number of hydrogen-bond acceptors (Lipinski definition) is 3. The van der Waals surface area contributed by atoms with Gasteiger partial charge in [0.1, 0.15) is 0 Å². The van der Waals surface area contributed by atoms with Gasteiger partial charge in [0, 0.05) is 23.1 Å². The fraction of sp³-hybridized carbons (Fsp3) is 0.286. The third-order valence-electron chi connectivity index (χ3n) is 6.72. The lowest BCUT2D eigenvalue weighted by molar-refractivity contribution is -0.137. The largest absolute Gasteiger partial charge is 0.416 e. The Morgan fingerprint density at radius 1 is 1.00 bits per heavy atom. The van der Waals surface area contributed by atoms with Gasteiger partial charge in [0.05, 0.1) is 16.2 Å². The van der Waals surface area contributed by atoms with E-state index in [0.717, 1.165) is 60.5 Å². The highest BCUT2D eigenvalue weighted by Gasteiger charge is 2.39. The van der Waals surface area contributed by atoms with Gasteiger partial charge in [-0.3, -0.25) is 9.69 Å². The number of aryl methyl sites for hydroxylation is 1. The standard InChI is InChI=1S/C28H26F3N3OS/c1-18-16-20(19(2)33(18)24-14-12-21(13-15-24)28(29,30)31)17-25-26(35)34(23-10-6-7-11-23)27(36-25)32-22-8-4-3-5-9-22/h3-5,8-9,12-17,23H,6-7,10-11H2,1-2H3. The number of aliphatic imine (C=N–C) groups is 1. The van der Waals surface area contributed by atoms with Crippen LogP contribution >= 0.6 is 11.8 Å². The summed E-state index contributed by atoms with van der Waals surface area (Å²) in [4.78, 5) is 20.8. The molecule has 4 nitrogen and oxygen atoms in total. The summed E-state index contributed by atoms with van der Waals surface area (Å²) < 4.78 is 40.9. The number of nitrogens with zero attached hydrogens (tertiary/aromatic N) is 3. The van der Waals surface area contributed by atoms with Gasteiger partial charge in [0.15, 0.2) is 5.17 Å². The summed E-state index contributed by atoms with van der Waals surface area (Å²) >= 11 is 1.38. The van der Waals surface area contributed by atoms with Crippen molar-refractivity contribution in [2.75, 3.05) is 0 Å². The number of thioether (sulfide) groups is 1. The van der Waals surface area contributed by atoms with E-state index in [0.29, 0.717) is 15.8 Å². The first-order chi connectivity index (χ1) is 17.2. The number of benzene rings is 2. The second-order valence-corrected chi connectivity index (χ2v) is 10.2. The summed E-state index contributed by atoms with van der Waals surface area (Å²) in [6.07, 6.45) is 1.65. The molecule has 2 heterocycles. The molecule has 1 aromatic heterocycles. The Kier molecular flexibility index (Phi) is 6.55. The molecule has 1 amide bonds. The molecular weight excluding hydrogens is 483 g/mol. The van der Waals surface area contributed by atoms with Gasteiger partial charge < -0.3 is 4.57 Å². The number of aromatic nitrogens is 1. The Labute approximate surface area is 212 Å². The quantitative estimate of drug-likeness (QED) is 0.339. The second-order valence-electron chi connectivity index (χ2n) is 9.16. The van der Waals surface area contributed by atoms with Gasteiger partial charge in [0.25, 0.3) is 5.91 Å². The minimum Gasteiger partial charge on any atom is -0.318 e. The predicted molar refractivity (Wildman–Crippen MR) is 138 cm³/mol. The van der Waals surface area contributed by atoms with Gasteiger partial charge in [-0.1, -0.05) is 31.0 Å². The van der Waals surface area contributed by atoms with Gasteiger partial charge in [-0.05, 0) is 92.6 Å². The van der Waals surface area contributed by atoms with Crippen molar-refractivity contribution in [1.29, 1.82) is 0 Å². The maximum absolute atomic E-state index is 13.5. The van der Waals surface area contributed by atoms with E-state index in [1.165, 1.54) is 23.9 Å². The number of para-hydroxylation sites is 1. The molecule has 5 rings (SSSR count). The van der Waals surface area contributed by atoms with E-state index in [2.05, 4.69) is 0 Å². The number of rotatable bonds is 4. The highest BCUT2D eigenvalue weighted by Crippen LogP contribution is 2.39. The molecule has 36 heavy (non-hydrogen) atoms. The zero-order valence-electron chi connectivity index (χ0n) is 20.0. The summed E-state index contributed by atoms with van der Waals surface area (Å²) in [5.74, 6) is -0.0408. The highest BCUT2D eigenvalue weighted by molar-refractivity contribution is 8.18. The maximum atomic E-state index is 13.5. The zero-order valence-corrected chi connectivity index (χ0v) is 20.9. The summed E-state index contributed by atoms with van der Waals surface area (Å²) in [5.41, 5.74) is 3.36. The number of halogens is 3. The average Bonchev–Trinajstić information content (AvgIpc) is 3.54. The molecule has 0 unspecified atom stereocenters. The fourth-order valence-electron chi connectivity index (χ4n) is 4.93. The molecule has 2 aliphatic rings. The molecule has 8 heteroatoms. The lowest BCUT2D eigenvalue weighted by atomic mass is 10.2. The molecule has 1 aliphatic heterocycles. The molecule has 0 N–H and O–H groups in total. The van der Waals surface area contributed by atoms with Crippen LogP contribution in [-0.2, 0) is 11.0 Å². The summed E-state index contributed by atoms with van der Waals surface area (Å²) in [7, 11) is 0. The van der Waals surface area contributed by atoms with Gasteiger partial charge in [-0.2, -0.15) is 13.2 Å². The minimum absolute atomic E-state index is 0.0408. The molecule has 2 fully saturated rings. The van der Waals surface area contributed by atoms with Gasteiger partial charge in [0.2, 0.25) is 0 Å². The molecule has 3 aromatic rings. The third-order valence-corrected chi connectivity index (χ3v) is 7.70. The number of amidine groups is 1. The SMILES string of the molecule is Cc1cc(C=C2SC(=Nc3ccccc3)N(C3CCCC3)C2=O)c(C)n1-c1ccc(C(F)(F)F)cc1. The van der Waals surface area contributed by atoms with E-state index in [9.17, 15) is 18.0 Å². The number of carbonyl (C=O) groups is 1. The Balaban J connectivity index is 1.49. The van der Waals surface area contributed by atoms with Crippen molar-refractivity contribution in [2.24, 2.45) is 4.99 Å². The number of hydrogen-bond donors (Lipinski definition) is 0. The van der Waals surface area contributed by atoms with E-state index >= 15 is 0 Å². The van der Waals surface area contributed by atoms with Crippen molar-refractivity contribution in [1.82, 2.24) is 9.47 Å². The van der Waals surface area contributed by atoms with Crippen molar-refractivity contribution in [3.8, 4) is 5.69 Å². The highest BCUT2D eigenvalue weighted by atomic mass is 32.2. The predicted octanol–water partition coefficient (Wildman–Crippen LogP) is 7.66. The summed E-state index contributed by atoms with van der Waals surface area (Å²) in [6, 6.07) is 16.9. The smallest absolute Gasteiger partial charge is 0.318 e. The average molecular weight is 510 g/mol. The van der Waals surface area contributed by atoms with E-state index in [1.807, 2.05) is 65.8 Å². The molecule has 186 valence electrons. The monoisotopic (exact) mass is 509 g/mol. The molecule has 0 spiro atoms. The number of carbonyl (C=O) groups excluding carboxylic acids is 1. The van der Waals surface area contributed by atoms with E-state index in [-0.39, 0.29) is 11.9 Å². The van der Waals surface area contributed by atoms with Crippen LogP contribution in [0, 0.1) is 13.8 Å². The van der Waals surface area contributed by atoms with Crippen molar-refractivity contribution >= 4 is 34.6 Å². The first-order valence-electron chi connectivity index (χ1n) is 12.0. The lowest BCUT2D eigenvalue weighted by Crippen LogP contribution is -2.37. The summed E-state index contributed by atoms with van der Waals surface area (Å²) in [5, 5.41) is 0.695. The Morgan fingerprint density at radius 2 is 1.67 bits per heavy atom. The van der Waals surface area contributed by atoms with E-state index in [1.54, 1.807) is 0 Å². The van der Waals surface area contributed by atoms with Gasteiger partial charge >= 0.3 is 6.18 Å². The Bertz CT molecular complexity index is 1330. The van der Waals surface area contributed by atoms with Crippen molar-refractivity contribution in [3.05, 3.63) is 88.1 Å². The Morgan fingerprint density at radius 3 is 2.31 bits per heavy atom. The molecule has 0 radical (unpaired) electrons. The topological polar surface area (TPSA) is 37.6 Å². The van der Waals surface area contributed by atoms with Crippen LogP contribution in [0.1, 0.15) is 48.2 Å². The van der Waals surface area contributed by atoms with Crippen LogP contribution in [0.4, 0.5) is 18.9 Å². The zero-order chi connectivity index (χ0) is 25.4. The molecular formula is C28H26F3N3OS. The molecule has 0 atom stereocenters. The molecule has 0 bridgehead atoms. The molecule has 1 aliphatic carbocycles. The van der Waals surface area contributed by atoms with Crippen LogP contribution in [0.15, 0.2) is 70.6 Å². The number of alkyl halides is 3. The molecule has 1 saturated carbocycles. The van der Waals surface area contributed by atoms with Crippen molar-refractivity contribution in [3.63, 3.8) is 0 Å². The van der Waals surface area contributed by atoms with Gasteiger partial charge in [-0.15, -0.1) is 0 Å². The summed E-state index contributed by atoms with van der Waals surface area (Å²) in [6.45, 7) is 3.82. The van der Waals surface area contributed by atoms with Crippen LogP contribution in [0.25, 0.3) is 11.8 Å². The van der Waals surface area contributed by atoms with Crippen molar-refractivity contribution in [2.45, 2.75) is 51.7 Å². The third kappa shape index (κ3) is 4.74. The van der Waals surface area contributed by atoms with Crippen LogP contribution < -0.4 is 0 Å². The number of amides is 1. The fourth-order valence-corrected chi connectivity index (χ4v) is 5.98. The van der Waals surface area contributed by atoms with Crippen LogP contribution in [-0.4, -0.2) is 26.6 Å².